The van der Waals surface area contributed by atoms with Gasteiger partial charge in [-0.15, -0.1) is 0 Å². The van der Waals surface area contributed by atoms with E-state index in [2.05, 4.69) is 63.3 Å². The van der Waals surface area contributed by atoms with Gasteiger partial charge >= 0.3 is 0 Å². The van der Waals surface area contributed by atoms with E-state index in [-0.39, 0.29) is 11.5 Å². The second-order valence-corrected chi connectivity index (χ2v) is 6.56. The molecule has 2 atom stereocenters. The van der Waals surface area contributed by atoms with E-state index < -0.39 is 0 Å². The van der Waals surface area contributed by atoms with E-state index in [0.29, 0.717) is 6.04 Å². The summed E-state index contributed by atoms with van der Waals surface area (Å²) in [7, 11) is 1.83. The Labute approximate surface area is 124 Å². The molecule has 0 bridgehead atoms. The number of likely N-dealkylation sites (N-methyl/N-ethyl adjacent to an activating group) is 1. The predicted molar refractivity (Wildman–Crippen MR) is 87.1 cm³/mol. The lowest BCUT2D eigenvalue weighted by Gasteiger charge is -2.36. The molecule has 2 unspecified atom stereocenters. The van der Waals surface area contributed by atoms with Crippen LogP contribution in [0.1, 0.15) is 46.1 Å². The van der Waals surface area contributed by atoms with Crippen LogP contribution >= 0.6 is 0 Å². The Bertz CT molecular complexity index is 355. The zero-order chi connectivity index (χ0) is 15.0. The van der Waals surface area contributed by atoms with Gasteiger partial charge in [0.25, 0.3) is 0 Å². The average Bonchev–Trinajstić information content (AvgIpc) is 2.39. The van der Waals surface area contributed by atoms with Crippen molar-refractivity contribution in [3.63, 3.8) is 0 Å². The van der Waals surface area contributed by atoms with Crippen molar-refractivity contribution in [2.24, 2.45) is 5.41 Å². The summed E-state index contributed by atoms with van der Waals surface area (Å²) in [6.07, 6.45) is 3.73. The number of benzene rings is 1. The molecular weight excluding hydrogens is 246 g/mol. The molecule has 0 amide bonds. The van der Waals surface area contributed by atoms with Crippen LogP contribution in [0.4, 0.5) is 0 Å². The van der Waals surface area contributed by atoms with Crippen LogP contribution in [0.5, 0.6) is 0 Å². The normalized spacial score (nSPS) is 15.1. The Kier molecular flexibility index (Phi) is 7.25. The maximum absolute atomic E-state index is 5.77. The Morgan fingerprint density at radius 2 is 1.80 bits per heavy atom. The van der Waals surface area contributed by atoms with Gasteiger partial charge in [0, 0.05) is 13.2 Å². The minimum absolute atomic E-state index is 0.161. The first-order valence-corrected chi connectivity index (χ1v) is 7.79. The number of ether oxygens (including phenoxy) is 1. The second-order valence-electron chi connectivity index (χ2n) is 6.56. The molecule has 1 N–H and O–H groups in total. The first-order valence-electron chi connectivity index (χ1n) is 7.79. The van der Waals surface area contributed by atoms with Crippen LogP contribution in [0.2, 0.25) is 0 Å². The van der Waals surface area contributed by atoms with Crippen molar-refractivity contribution in [2.45, 2.75) is 59.1 Å². The van der Waals surface area contributed by atoms with Crippen molar-refractivity contribution in [3.8, 4) is 0 Å². The molecule has 1 aromatic carbocycles. The van der Waals surface area contributed by atoms with E-state index in [1.165, 1.54) is 12.0 Å². The first-order chi connectivity index (χ1) is 9.49. The van der Waals surface area contributed by atoms with Gasteiger partial charge < -0.3 is 10.1 Å². The lowest BCUT2D eigenvalue weighted by atomic mass is 9.82. The van der Waals surface area contributed by atoms with Crippen molar-refractivity contribution >= 4 is 0 Å². The van der Waals surface area contributed by atoms with Crippen molar-refractivity contribution in [2.75, 3.05) is 13.7 Å². The van der Waals surface area contributed by atoms with Gasteiger partial charge in [-0.3, -0.25) is 0 Å². The van der Waals surface area contributed by atoms with Gasteiger partial charge in [0.05, 0.1) is 6.10 Å². The summed E-state index contributed by atoms with van der Waals surface area (Å²) < 4.78 is 5.77. The van der Waals surface area contributed by atoms with E-state index in [1.807, 2.05) is 7.11 Å². The molecular formula is C18H31NO. The molecule has 0 aliphatic heterocycles. The molecule has 0 fully saturated rings. The largest absolute Gasteiger partial charge is 0.379 e. The zero-order valence-electron chi connectivity index (χ0n) is 13.8. The van der Waals surface area contributed by atoms with Crippen LogP contribution in [-0.4, -0.2) is 25.8 Å². The van der Waals surface area contributed by atoms with Crippen LogP contribution in [-0.2, 0) is 11.2 Å². The summed E-state index contributed by atoms with van der Waals surface area (Å²) >= 11 is 0. The summed E-state index contributed by atoms with van der Waals surface area (Å²) in [6.45, 7) is 9.92. The average molecular weight is 277 g/mol. The number of aryl methyl sites for hydroxylation is 1. The highest BCUT2D eigenvalue weighted by Crippen LogP contribution is 2.26. The fourth-order valence-corrected chi connectivity index (χ4v) is 2.91. The molecule has 1 aromatic rings. The minimum atomic E-state index is 0.161. The van der Waals surface area contributed by atoms with E-state index >= 15 is 0 Å². The van der Waals surface area contributed by atoms with Crippen molar-refractivity contribution < 1.29 is 4.74 Å². The van der Waals surface area contributed by atoms with E-state index in [1.54, 1.807) is 0 Å². The molecule has 0 saturated heterocycles. The SMILES string of the molecule is CCNC(CCCc1ccccc1)C(OC)C(C)(C)C. The third-order valence-electron chi connectivity index (χ3n) is 3.76. The third-order valence-corrected chi connectivity index (χ3v) is 3.76. The maximum atomic E-state index is 5.77. The van der Waals surface area contributed by atoms with Crippen LogP contribution in [0.3, 0.4) is 0 Å². The molecule has 0 aromatic heterocycles. The summed E-state index contributed by atoms with van der Waals surface area (Å²) in [5.74, 6) is 0. The molecule has 20 heavy (non-hydrogen) atoms. The van der Waals surface area contributed by atoms with E-state index in [0.717, 1.165) is 19.4 Å². The van der Waals surface area contributed by atoms with Crippen LogP contribution < -0.4 is 5.32 Å². The van der Waals surface area contributed by atoms with Gasteiger partial charge in [-0.2, -0.15) is 0 Å². The Balaban J connectivity index is 2.54. The zero-order valence-corrected chi connectivity index (χ0v) is 13.8. The smallest absolute Gasteiger partial charge is 0.0772 e. The Morgan fingerprint density at radius 1 is 1.15 bits per heavy atom. The number of methoxy groups -OCH3 is 1. The van der Waals surface area contributed by atoms with Gasteiger partial charge in [0.2, 0.25) is 0 Å². The molecule has 0 spiro atoms. The van der Waals surface area contributed by atoms with Crippen LogP contribution in [0.15, 0.2) is 30.3 Å². The summed E-state index contributed by atoms with van der Waals surface area (Å²) in [6, 6.07) is 11.1. The molecule has 0 radical (unpaired) electrons. The van der Waals surface area contributed by atoms with Gasteiger partial charge in [0.15, 0.2) is 0 Å². The molecule has 0 heterocycles. The summed E-state index contributed by atoms with van der Waals surface area (Å²) in [4.78, 5) is 0. The highest BCUT2D eigenvalue weighted by molar-refractivity contribution is 5.14. The molecule has 2 nitrogen and oxygen atoms in total. The molecule has 0 saturated carbocycles. The van der Waals surface area contributed by atoms with E-state index in [9.17, 15) is 0 Å². The second kappa shape index (κ2) is 8.43. The number of rotatable bonds is 8. The Morgan fingerprint density at radius 3 is 2.30 bits per heavy atom. The predicted octanol–water partition coefficient (Wildman–Crippen LogP) is 4.05. The van der Waals surface area contributed by atoms with Gasteiger partial charge in [-0.25, -0.2) is 0 Å². The summed E-state index contributed by atoms with van der Waals surface area (Å²) in [5, 5.41) is 3.60. The third kappa shape index (κ3) is 5.64. The highest BCUT2D eigenvalue weighted by Gasteiger charge is 2.31. The number of nitrogens with one attached hydrogen (secondary N) is 1. The van der Waals surface area contributed by atoms with Crippen molar-refractivity contribution in [1.82, 2.24) is 5.32 Å². The molecule has 2 heteroatoms. The van der Waals surface area contributed by atoms with Gasteiger partial charge in [-0.1, -0.05) is 58.0 Å². The topological polar surface area (TPSA) is 21.3 Å². The lowest BCUT2D eigenvalue weighted by molar-refractivity contribution is -0.0131. The highest BCUT2D eigenvalue weighted by atomic mass is 16.5. The first kappa shape index (κ1) is 17.2. The minimum Gasteiger partial charge on any atom is -0.379 e. The Hall–Kier alpha value is -0.860. The van der Waals surface area contributed by atoms with Crippen molar-refractivity contribution in [1.29, 1.82) is 0 Å². The van der Waals surface area contributed by atoms with Crippen molar-refractivity contribution in [3.05, 3.63) is 35.9 Å². The fraction of sp³-hybridized carbons (Fsp3) is 0.667. The van der Waals surface area contributed by atoms with Gasteiger partial charge in [0.1, 0.15) is 0 Å². The quantitative estimate of drug-likeness (QED) is 0.774. The molecule has 114 valence electrons. The number of hydrogen-bond donors (Lipinski definition) is 1. The lowest BCUT2D eigenvalue weighted by Crippen LogP contribution is -2.47. The monoisotopic (exact) mass is 277 g/mol. The molecule has 0 aliphatic rings. The standard InChI is InChI=1S/C18H31NO/c1-6-19-16(17(20-5)18(2,3)4)14-10-13-15-11-8-7-9-12-15/h7-9,11-12,16-17,19H,6,10,13-14H2,1-5H3. The van der Waals surface area contributed by atoms with Crippen LogP contribution in [0, 0.1) is 5.41 Å². The molecule has 0 aliphatic carbocycles. The molecule has 1 rings (SSSR count). The van der Waals surface area contributed by atoms with Gasteiger partial charge in [-0.05, 0) is 36.8 Å². The number of hydrogen-bond acceptors (Lipinski definition) is 2. The summed E-state index contributed by atoms with van der Waals surface area (Å²) in [5.41, 5.74) is 1.58. The van der Waals surface area contributed by atoms with Crippen LogP contribution in [0.25, 0.3) is 0 Å². The maximum Gasteiger partial charge on any atom is 0.0772 e. The van der Waals surface area contributed by atoms with E-state index in [4.69, 9.17) is 4.74 Å². The fourth-order valence-electron chi connectivity index (χ4n) is 2.91.